The molecule has 2 unspecified atom stereocenters. The van der Waals surface area contributed by atoms with Crippen molar-refractivity contribution in [2.45, 2.75) is 0 Å². The first kappa shape index (κ1) is 13.3. The van der Waals surface area contributed by atoms with Gasteiger partial charge in [-0.3, -0.25) is 0 Å². The van der Waals surface area contributed by atoms with E-state index in [9.17, 15) is 18.7 Å². The molecule has 0 aliphatic carbocycles. The molecule has 0 amide bonds. The van der Waals surface area contributed by atoms with Crippen molar-refractivity contribution in [3.63, 3.8) is 0 Å². The smallest absolute Gasteiger partial charge is 0.353 e. The van der Waals surface area contributed by atoms with Crippen LogP contribution in [-0.4, -0.2) is 43.8 Å². The largest absolute Gasteiger partial charge is 0.608 e. The molecule has 0 aliphatic heterocycles. The summed E-state index contributed by atoms with van der Waals surface area (Å²) in [6.07, 6.45) is 2.14. The van der Waals surface area contributed by atoms with Crippen molar-refractivity contribution in [2.75, 3.05) is 12.5 Å². The summed E-state index contributed by atoms with van der Waals surface area (Å²) in [5.74, 6) is -3.50. The van der Waals surface area contributed by atoms with Crippen LogP contribution in [0.4, 0.5) is 0 Å². The summed E-state index contributed by atoms with van der Waals surface area (Å²) in [4.78, 5) is 21.0. The zero-order valence-corrected chi connectivity index (χ0v) is 8.98. The highest BCUT2D eigenvalue weighted by molar-refractivity contribution is 8.13. The summed E-state index contributed by atoms with van der Waals surface area (Å²) in [5, 5.41) is 17.0. The van der Waals surface area contributed by atoms with Crippen molar-refractivity contribution in [3.05, 3.63) is 9.81 Å². The van der Waals surface area contributed by atoms with Crippen LogP contribution in [0.3, 0.4) is 0 Å². The van der Waals surface area contributed by atoms with Crippen LogP contribution in [0.2, 0.25) is 0 Å². The number of carboxylic acid groups (broad SMARTS) is 2. The average molecular weight is 240 g/mol. The van der Waals surface area contributed by atoms with Gasteiger partial charge in [0.25, 0.3) is 0 Å². The van der Waals surface area contributed by atoms with Gasteiger partial charge in [-0.25, -0.2) is 9.59 Å². The van der Waals surface area contributed by atoms with Crippen LogP contribution in [-0.2, 0) is 31.9 Å². The van der Waals surface area contributed by atoms with Gasteiger partial charge in [0.2, 0.25) is 5.57 Å². The normalized spacial score (nSPS) is 14.3. The van der Waals surface area contributed by atoms with Gasteiger partial charge in [-0.1, -0.05) is 0 Å². The summed E-state index contributed by atoms with van der Waals surface area (Å²) in [6, 6.07) is 0. The molecule has 0 radical (unpaired) electrons. The van der Waals surface area contributed by atoms with E-state index in [4.69, 9.17) is 10.2 Å². The number of carboxylic acids is 2. The second-order valence-electron chi connectivity index (χ2n) is 2.18. The molecule has 0 aromatic carbocycles. The van der Waals surface area contributed by atoms with Gasteiger partial charge in [-0.05, 0) is 0 Å². The van der Waals surface area contributed by atoms with Gasteiger partial charge in [-0.15, -0.1) is 0 Å². The number of carbonyl (C=O) groups is 2. The third-order valence-electron chi connectivity index (χ3n) is 1.15. The number of aliphatic carboxylic acids is 2. The molecule has 0 rings (SSSR count). The van der Waals surface area contributed by atoms with Crippen molar-refractivity contribution in [1.29, 1.82) is 0 Å². The Morgan fingerprint density at radius 2 is 1.29 bits per heavy atom. The zero-order valence-electron chi connectivity index (χ0n) is 7.34. The highest BCUT2D eigenvalue weighted by atomic mass is 32.3. The van der Waals surface area contributed by atoms with Gasteiger partial charge in [0, 0.05) is 22.4 Å². The lowest BCUT2D eigenvalue weighted by Crippen LogP contribution is -2.22. The predicted molar refractivity (Wildman–Crippen MR) is 50.4 cm³/mol. The lowest BCUT2D eigenvalue weighted by atomic mass is 10.3. The minimum atomic E-state index is -1.89. The average Bonchev–Trinajstić information content (AvgIpc) is 1.96. The maximum Gasteiger partial charge on any atom is 0.353 e. The first-order chi connectivity index (χ1) is 6.29. The van der Waals surface area contributed by atoms with Crippen LogP contribution in [0.25, 0.3) is 0 Å². The van der Waals surface area contributed by atoms with E-state index >= 15 is 0 Å². The molecule has 0 aromatic heterocycles. The molecule has 80 valence electrons. The van der Waals surface area contributed by atoms with E-state index in [0.717, 1.165) is 12.5 Å². The first-order valence-electron chi connectivity index (χ1n) is 3.16. The zero-order chi connectivity index (χ0) is 11.5. The lowest BCUT2D eigenvalue weighted by Gasteiger charge is -2.10. The third kappa shape index (κ3) is 3.22. The van der Waals surface area contributed by atoms with Crippen molar-refractivity contribution >= 4 is 34.3 Å². The summed E-state index contributed by atoms with van der Waals surface area (Å²) in [6.45, 7) is 0. The monoisotopic (exact) mass is 240 g/mol. The van der Waals surface area contributed by atoms with E-state index in [0.29, 0.717) is 0 Å². The minimum Gasteiger partial charge on any atom is -0.608 e. The molecule has 6 nitrogen and oxygen atoms in total. The second kappa shape index (κ2) is 5.25. The van der Waals surface area contributed by atoms with Gasteiger partial charge >= 0.3 is 16.2 Å². The van der Waals surface area contributed by atoms with Crippen LogP contribution in [0.5, 0.6) is 0 Å². The standard InChI is InChI=1S/C6H8O6S2/c1-13(11)6(14(2)12)3(4(7)8)5(9)10/h1-2H3,(H,7,8)(H,9,10). The lowest BCUT2D eigenvalue weighted by molar-refractivity contribution is -0.140. The molecule has 8 heteroatoms. The first-order valence-corrected chi connectivity index (χ1v) is 6.28. The van der Waals surface area contributed by atoms with Crippen LogP contribution in [0, 0.1) is 0 Å². The van der Waals surface area contributed by atoms with Gasteiger partial charge in [0.15, 0.2) is 0 Å². The molecule has 14 heavy (non-hydrogen) atoms. The van der Waals surface area contributed by atoms with E-state index in [-0.39, 0.29) is 0 Å². The van der Waals surface area contributed by atoms with Gasteiger partial charge < -0.3 is 19.3 Å². The summed E-state index contributed by atoms with van der Waals surface area (Å²) in [5.41, 5.74) is -1.09. The third-order valence-corrected chi connectivity index (χ3v) is 4.01. The molecular formula is C6H8O6S2. The summed E-state index contributed by atoms with van der Waals surface area (Å²) >= 11 is -3.77. The Balaban J connectivity index is 5.51. The number of hydrogen-bond acceptors (Lipinski definition) is 4. The Labute approximate surface area is 86.0 Å². The second-order valence-corrected chi connectivity index (χ2v) is 5.07. The van der Waals surface area contributed by atoms with Crippen molar-refractivity contribution < 1.29 is 28.9 Å². The fourth-order valence-electron chi connectivity index (χ4n) is 0.719. The highest BCUT2D eigenvalue weighted by Crippen LogP contribution is 2.18. The molecular weight excluding hydrogens is 232 g/mol. The molecule has 2 N–H and O–H groups in total. The fraction of sp³-hybridized carbons (Fsp3) is 0.333. The topological polar surface area (TPSA) is 121 Å². The highest BCUT2D eigenvalue weighted by Gasteiger charge is 2.36. The van der Waals surface area contributed by atoms with Crippen molar-refractivity contribution in [2.24, 2.45) is 0 Å². The van der Waals surface area contributed by atoms with Crippen molar-refractivity contribution in [3.8, 4) is 0 Å². The SMILES string of the molecule is C[S+]([O-])C(=C(C(=O)O)C(=O)O)[S+](C)[O-]. The molecule has 2 atom stereocenters. The van der Waals surface area contributed by atoms with E-state index in [1.165, 1.54) is 0 Å². The Bertz CT molecular complexity index is 256. The molecule has 0 saturated carbocycles. The molecule has 0 aromatic rings. The van der Waals surface area contributed by atoms with Crippen LogP contribution < -0.4 is 0 Å². The molecule has 0 heterocycles. The van der Waals surface area contributed by atoms with Gasteiger partial charge in [-0.2, -0.15) is 0 Å². The maximum atomic E-state index is 11.0. The van der Waals surface area contributed by atoms with Crippen molar-refractivity contribution in [1.82, 2.24) is 0 Å². The molecule has 0 bridgehead atoms. The van der Waals surface area contributed by atoms with Gasteiger partial charge in [0.1, 0.15) is 12.5 Å². The van der Waals surface area contributed by atoms with Crippen LogP contribution in [0.1, 0.15) is 0 Å². The summed E-state index contributed by atoms with van der Waals surface area (Å²) < 4.78 is 21.4. The quantitative estimate of drug-likeness (QED) is 0.285. The number of hydrogen-bond donors (Lipinski definition) is 2. The molecule has 0 spiro atoms. The molecule has 0 saturated heterocycles. The fourth-order valence-corrected chi connectivity index (χ4v) is 2.97. The van der Waals surface area contributed by atoms with Crippen LogP contribution in [0.15, 0.2) is 9.81 Å². The van der Waals surface area contributed by atoms with Crippen LogP contribution >= 0.6 is 0 Å². The summed E-state index contributed by atoms with van der Waals surface area (Å²) in [7, 11) is 0. The Hall–Kier alpha value is -0.700. The number of rotatable bonds is 4. The maximum absolute atomic E-state index is 11.0. The predicted octanol–water partition coefficient (Wildman–Crippen LogP) is -0.876. The minimum absolute atomic E-state index is 0.579. The molecule has 0 aliphatic rings. The van der Waals surface area contributed by atoms with E-state index in [1.807, 2.05) is 0 Å². The van der Waals surface area contributed by atoms with Gasteiger partial charge in [0.05, 0.1) is 0 Å². The van der Waals surface area contributed by atoms with E-state index in [2.05, 4.69) is 0 Å². The Morgan fingerprint density at radius 3 is 1.36 bits per heavy atom. The Kier molecular flexibility index (Phi) is 4.99. The Morgan fingerprint density at radius 1 is 1.00 bits per heavy atom. The molecule has 0 fully saturated rings. The van der Waals surface area contributed by atoms with E-state index in [1.54, 1.807) is 0 Å². The van der Waals surface area contributed by atoms with E-state index < -0.39 is 44.1 Å².